The lowest BCUT2D eigenvalue weighted by molar-refractivity contribution is 0.159. The lowest BCUT2D eigenvalue weighted by Gasteiger charge is -2.29. The molecule has 0 amide bonds. The zero-order valence-electron chi connectivity index (χ0n) is 13.0. The summed E-state index contributed by atoms with van der Waals surface area (Å²) in [6, 6.07) is 0. The second-order valence-corrected chi connectivity index (χ2v) is 5.76. The predicted octanol–water partition coefficient (Wildman–Crippen LogP) is 2.64. The van der Waals surface area contributed by atoms with E-state index in [1.54, 1.807) is 0 Å². The molecule has 1 unspecified atom stereocenters. The van der Waals surface area contributed by atoms with Gasteiger partial charge in [-0.1, -0.05) is 26.7 Å². The Labute approximate surface area is 114 Å². The van der Waals surface area contributed by atoms with E-state index < -0.39 is 0 Å². The van der Waals surface area contributed by atoms with Gasteiger partial charge in [0, 0.05) is 5.54 Å². The third-order valence-electron chi connectivity index (χ3n) is 3.56. The molecular formula is C15H34N2O. The van der Waals surface area contributed by atoms with Gasteiger partial charge in [0.25, 0.3) is 0 Å². The SMILES string of the molecule is CCCCCN(C)CCCC(C)(CO)NCCC. The Morgan fingerprint density at radius 2 is 1.72 bits per heavy atom. The number of hydrogen-bond donors (Lipinski definition) is 2. The first kappa shape index (κ1) is 17.9. The molecule has 0 rings (SSSR count). The van der Waals surface area contributed by atoms with Gasteiger partial charge >= 0.3 is 0 Å². The Bertz CT molecular complexity index is 187. The second-order valence-electron chi connectivity index (χ2n) is 5.76. The Morgan fingerprint density at radius 1 is 1.06 bits per heavy atom. The molecule has 0 aliphatic rings. The molecule has 0 aliphatic carbocycles. The summed E-state index contributed by atoms with van der Waals surface area (Å²) in [5.74, 6) is 0. The molecule has 0 aromatic carbocycles. The third-order valence-corrected chi connectivity index (χ3v) is 3.56. The van der Waals surface area contributed by atoms with E-state index in [4.69, 9.17) is 0 Å². The number of aliphatic hydroxyl groups excluding tert-OH is 1. The number of nitrogens with zero attached hydrogens (tertiary/aromatic N) is 1. The number of aliphatic hydroxyl groups is 1. The first-order valence-electron chi connectivity index (χ1n) is 7.62. The van der Waals surface area contributed by atoms with Crippen LogP contribution in [-0.2, 0) is 0 Å². The van der Waals surface area contributed by atoms with Gasteiger partial charge in [0.2, 0.25) is 0 Å². The fraction of sp³-hybridized carbons (Fsp3) is 1.00. The maximum absolute atomic E-state index is 9.47. The van der Waals surface area contributed by atoms with E-state index in [9.17, 15) is 5.11 Å². The van der Waals surface area contributed by atoms with Gasteiger partial charge < -0.3 is 15.3 Å². The molecule has 0 fully saturated rings. The molecule has 2 N–H and O–H groups in total. The minimum atomic E-state index is -0.0970. The van der Waals surface area contributed by atoms with Crippen molar-refractivity contribution in [3.05, 3.63) is 0 Å². The van der Waals surface area contributed by atoms with Crippen LogP contribution in [0, 0.1) is 0 Å². The zero-order chi connectivity index (χ0) is 13.9. The summed E-state index contributed by atoms with van der Waals surface area (Å²) in [4.78, 5) is 2.41. The zero-order valence-corrected chi connectivity index (χ0v) is 13.0. The number of unbranched alkanes of at least 4 members (excludes halogenated alkanes) is 2. The molecule has 0 bridgehead atoms. The summed E-state index contributed by atoms with van der Waals surface area (Å²) in [6.45, 7) is 10.1. The van der Waals surface area contributed by atoms with E-state index in [1.807, 2.05) is 0 Å². The van der Waals surface area contributed by atoms with Crippen LogP contribution in [0.5, 0.6) is 0 Å². The number of nitrogens with one attached hydrogen (secondary N) is 1. The Morgan fingerprint density at radius 3 is 2.28 bits per heavy atom. The first-order valence-corrected chi connectivity index (χ1v) is 7.62. The van der Waals surface area contributed by atoms with Gasteiger partial charge in [0.15, 0.2) is 0 Å². The van der Waals surface area contributed by atoms with Crippen LogP contribution in [0.15, 0.2) is 0 Å². The van der Waals surface area contributed by atoms with E-state index in [0.717, 1.165) is 32.4 Å². The van der Waals surface area contributed by atoms with Crippen LogP contribution in [0.1, 0.15) is 59.3 Å². The summed E-state index contributed by atoms with van der Waals surface area (Å²) in [7, 11) is 2.20. The Kier molecular flexibility index (Phi) is 10.7. The minimum Gasteiger partial charge on any atom is -0.394 e. The molecular weight excluding hydrogens is 224 g/mol. The summed E-state index contributed by atoms with van der Waals surface area (Å²) in [6.07, 6.45) is 7.23. The Hall–Kier alpha value is -0.120. The van der Waals surface area contributed by atoms with E-state index in [-0.39, 0.29) is 12.1 Å². The van der Waals surface area contributed by atoms with Gasteiger partial charge in [-0.25, -0.2) is 0 Å². The van der Waals surface area contributed by atoms with Crippen LogP contribution in [0.4, 0.5) is 0 Å². The number of rotatable bonds is 12. The standard InChI is InChI=1S/C15H34N2O/c1-5-7-8-12-17(4)13-9-10-15(3,14-18)16-11-6-2/h16,18H,5-14H2,1-4H3. The highest BCUT2D eigenvalue weighted by Gasteiger charge is 2.21. The highest BCUT2D eigenvalue weighted by atomic mass is 16.3. The van der Waals surface area contributed by atoms with Crippen LogP contribution in [0.2, 0.25) is 0 Å². The molecule has 0 spiro atoms. The van der Waals surface area contributed by atoms with E-state index in [1.165, 1.54) is 25.8 Å². The summed E-state index contributed by atoms with van der Waals surface area (Å²) < 4.78 is 0. The minimum absolute atomic E-state index is 0.0970. The third kappa shape index (κ3) is 8.90. The largest absolute Gasteiger partial charge is 0.394 e. The van der Waals surface area contributed by atoms with Crippen molar-refractivity contribution in [3.63, 3.8) is 0 Å². The summed E-state index contributed by atoms with van der Waals surface area (Å²) in [5.41, 5.74) is -0.0970. The smallest absolute Gasteiger partial charge is 0.0610 e. The molecule has 18 heavy (non-hydrogen) atoms. The highest BCUT2D eigenvalue weighted by molar-refractivity contribution is 4.82. The van der Waals surface area contributed by atoms with Crippen LogP contribution in [-0.4, -0.2) is 48.8 Å². The number of hydrogen-bond acceptors (Lipinski definition) is 3. The summed E-state index contributed by atoms with van der Waals surface area (Å²) >= 11 is 0. The van der Waals surface area contributed by atoms with E-state index in [0.29, 0.717) is 0 Å². The average molecular weight is 258 g/mol. The van der Waals surface area contributed by atoms with Gasteiger partial charge in [-0.2, -0.15) is 0 Å². The quantitative estimate of drug-likeness (QED) is 0.528. The molecule has 1 atom stereocenters. The molecule has 3 nitrogen and oxygen atoms in total. The molecule has 0 aromatic heterocycles. The maximum atomic E-state index is 9.47. The molecule has 0 radical (unpaired) electrons. The topological polar surface area (TPSA) is 35.5 Å². The first-order chi connectivity index (χ1) is 8.58. The van der Waals surface area contributed by atoms with E-state index in [2.05, 4.69) is 38.0 Å². The Balaban J connectivity index is 3.71. The molecule has 0 aliphatic heterocycles. The van der Waals surface area contributed by atoms with Crippen molar-refractivity contribution in [1.29, 1.82) is 0 Å². The normalized spacial score (nSPS) is 15.0. The lowest BCUT2D eigenvalue weighted by Crippen LogP contribution is -2.46. The maximum Gasteiger partial charge on any atom is 0.0610 e. The molecule has 0 heterocycles. The molecule has 3 heteroatoms. The fourth-order valence-corrected chi connectivity index (χ4v) is 2.13. The van der Waals surface area contributed by atoms with Gasteiger partial charge in [-0.05, 0) is 59.3 Å². The van der Waals surface area contributed by atoms with Gasteiger partial charge in [0.05, 0.1) is 6.61 Å². The molecule has 0 saturated heterocycles. The monoisotopic (exact) mass is 258 g/mol. The summed E-state index contributed by atoms with van der Waals surface area (Å²) in [5, 5.41) is 12.9. The van der Waals surface area contributed by atoms with Gasteiger partial charge in [-0.3, -0.25) is 0 Å². The van der Waals surface area contributed by atoms with Crippen molar-refractivity contribution in [2.75, 3.05) is 33.3 Å². The fourth-order valence-electron chi connectivity index (χ4n) is 2.13. The van der Waals surface area contributed by atoms with E-state index >= 15 is 0 Å². The van der Waals surface area contributed by atoms with Crippen molar-refractivity contribution in [3.8, 4) is 0 Å². The van der Waals surface area contributed by atoms with Crippen LogP contribution in [0.25, 0.3) is 0 Å². The van der Waals surface area contributed by atoms with Crippen LogP contribution < -0.4 is 5.32 Å². The predicted molar refractivity (Wildman–Crippen MR) is 80.0 cm³/mol. The van der Waals surface area contributed by atoms with Crippen LogP contribution >= 0.6 is 0 Å². The van der Waals surface area contributed by atoms with Crippen molar-refractivity contribution in [2.24, 2.45) is 0 Å². The molecule has 0 aromatic rings. The average Bonchev–Trinajstić information content (AvgIpc) is 2.37. The highest BCUT2D eigenvalue weighted by Crippen LogP contribution is 2.12. The van der Waals surface area contributed by atoms with Gasteiger partial charge in [-0.15, -0.1) is 0 Å². The van der Waals surface area contributed by atoms with Crippen molar-refractivity contribution < 1.29 is 5.11 Å². The lowest BCUT2D eigenvalue weighted by atomic mass is 9.96. The molecule has 110 valence electrons. The second kappa shape index (κ2) is 10.8. The van der Waals surface area contributed by atoms with Crippen LogP contribution in [0.3, 0.4) is 0 Å². The van der Waals surface area contributed by atoms with Crippen molar-refractivity contribution in [2.45, 2.75) is 64.8 Å². The molecule has 0 saturated carbocycles. The van der Waals surface area contributed by atoms with Crippen molar-refractivity contribution in [1.82, 2.24) is 10.2 Å². The van der Waals surface area contributed by atoms with Gasteiger partial charge in [0.1, 0.15) is 0 Å². The van der Waals surface area contributed by atoms with Crippen molar-refractivity contribution >= 4 is 0 Å².